The summed E-state index contributed by atoms with van der Waals surface area (Å²) in [6.45, 7) is 2.19. The van der Waals surface area contributed by atoms with Gasteiger partial charge in [0.1, 0.15) is 15.8 Å². The van der Waals surface area contributed by atoms with Crippen molar-refractivity contribution >= 4 is 46.3 Å². The Kier molecular flexibility index (Phi) is 7.70. The maximum Gasteiger partial charge on any atom is 0.333 e. The van der Waals surface area contributed by atoms with Crippen LogP contribution in [0.5, 0.6) is 11.5 Å². The van der Waals surface area contributed by atoms with E-state index in [2.05, 4.69) is 0 Å². The molecule has 1 atom stereocenters. The molecule has 1 fully saturated rings. The van der Waals surface area contributed by atoms with Crippen LogP contribution in [0.25, 0.3) is 6.08 Å². The second kappa shape index (κ2) is 10.5. The molecule has 1 aliphatic heterocycles. The molecule has 31 heavy (non-hydrogen) atoms. The van der Waals surface area contributed by atoms with Crippen molar-refractivity contribution in [1.29, 1.82) is 0 Å². The monoisotopic (exact) mass is 457 g/mol. The standard InChI is InChI=1S/C23H23NO5S2/c1-4-12-29-22(26)20(15-8-6-5-7-9-15)24-21(25)19(31-23(24)30)13-16-10-11-17(27-2)14-18(16)28-3/h5-11,13-14,20H,4,12H2,1-3H3/b19-13-. The van der Waals surface area contributed by atoms with Crippen molar-refractivity contribution < 1.29 is 23.8 Å². The average molecular weight is 458 g/mol. The lowest BCUT2D eigenvalue weighted by atomic mass is 10.1. The van der Waals surface area contributed by atoms with E-state index in [1.165, 1.54) is 4.90 Å². The number of hydrogen-bond donors (Lipinski definition) is 0. The molecule has 1 amide bonds. The molecule has 3 rings (SSSR count). The summed E-state index contributed by atoms with van der Waals surface area (Å²) in [5, 5.41) is 0. The summed E-state index contributed by atoms with van der Waals surface area (Å²) in [5.74, 6) is 0.346. The van der Waals surface area contributed by atoms with Gasteiger partial charge in [0.15, 0.2) is 6.04 Å². The number of nitrogens with zero attached hydrogens (tertiary/aromatic N) is 1. The van der Waals surface area contributed by atoms with Crippen LogP contribution in [0.2, 0.25) is 0 Å². The lowest BCUT2D eigenvalue weighted by molar-refractivity contribution is -0.151. The minimum absolute atomic E-state index is 0.274. The number of hydrogen-bond acceptors (Lipinski definition) is 7. The largest absolute Gasteiger partial charge is 0.497 e. The first-order chi connectivity index (χ1) is 15.0. The van der Waals surface area contributed by atoms with Gasteiger partial charge in [0.05, 0.1) is 25.7 Å². The number of carbonyl (C=O) groups excluding carboxylic acids is 2. The summed E-state index contributed by atoms with van der Waals surface area (Å²) in [4.78, 5) is 27.9. The number of thiocarbonyl (C=S) groups is 1. The molecule has 0 aliphatic carbocycles. The van der Waals surface area contributed by atoms with Gasteiger partial charge in [-0.05, 0) is 30.2 Å². The first-order valence-corrected chi connectivity index (χ1v) is 10.9. The summed E-state index contributed by atoms with van der Waals surface area (Å²) in [5.41, 5.74) is 1.34. The molecule has 162 valence electrons. The Morgan fingerprint density at radius 1 is 1.16 bits per heavy atom. The van der Waals surface area contributed by atoms with E-state index in [9.17, 15) is 9.59 Å². The van der Waals surface area contributed by atoms with E-state index in [4.69, 9.17) is 26.4 Å². The second-order valence-corrected chi connectivity index (χ2v) is 8.32. The number of rotatable bonds is 8. The number of ether oxygens (including phenoxy) is 3. The summed E-state index contributed by atoms with van der Waals surface area (Å²) >= 11 is 6.63. The van der Waals surface area contributed by atoms with Crippen LogP contribution < -0.4 is 9.47 Å². The summed E-state index contributed by atoms with van der Waals surface area (Å²) in [6, 6.07) is 13.4. The zero-order valence-corrected chi connectivity index (χ0v) is 19.1. The van der Waals surface area contributed by atoms with Crippen molar-refractivity contribution in [1.82, 2.24) is 4.90 Å². The van der Waals surface area contributed by atoms with E-state index < -0.39 is 12.0 Å². The van der Waals surface area contributed by atoms with Gasteiger partial charge in [0.2, 0.25) is 0 Å². The van der Waals surface area contributed by atoms with E-state index in [1.54, 1.807) is 50.6 Å². The highest BCUT2D eigenvalue weighted by atomic mass is 32.2. The van der Waals surface area contributed by atoms with E-state index in [1.807, 2.05) is 25.1 Å². The van der Waals surface area contributed by atoms with E-state index in [0.717, 1.165) is 11.8 Å². The van der Waals surface area contributed by atoms with Gasteiger partial charge in [-0.3, -0.25) is 9.69 Å². The maximum atomic E-state index is 13.3. The minimum Gasteiger partial charge on any atom is -0.497 e. The van der Waals surface area contributed by atoms with Gasteiger partial charge in [0, 0.05) is 11.6 Å². The van der Waals surface area contributed by atoms with Crippen LogP contribution in [-0.2, 0) is 14.3 Å². The van der Waals surface area contributed by atoms with Gasteiger partial charge in [-0.2, -0.15) is 0 Å². The minimum atomic E-state index is -0.941. The van der Waals surface area contributed by atoms with Crippen LogP contribution in [0.4, 0.5) is 0 Å². The molecule has 2 aromatic carbocycles. The molecule has 0 N–H and O–H groups in total. The highest BCUT2D eigenvalue weighted by Gasteiger charge is 2.42. The number of benzene rings is 2. The molecule has 0 aromatic heterocycles. The third-order valence-electron chi connectivity index (χ3n) is 4.60. The smallest absolute Gasteiger partial charge is 0.333 e. The number of carbonyl (C=O) groups is 2. The molecule has 1 heterocycles. The van der Waals surface area contributed by atoms with Crippen LogP contribution >= 0.6 is 24.0 Å². The predicted molar refractivity (Wildman–Crippen MR) is 125 cm³/mol. The molecule has 1 saturated heterocycles. The highest BCUT2D eigenvalue weighted by Crippen LogP contribution is 2.40. The Hall–Kier alpha value is -2.84. The molecule has 1 unspecified atom stereocenters. The lowest BCUT2D eigenvalue weighted by Gasteiger charge is -2.25. The predicted octanol–water partition coefficient (Wildman–Crippen LogP) is 4.60. The van der Waals surface area contributed by atoms with Crippen LogP contribution in [0.1, 0.15) is 30.5 Å². The van der Waals surface area contributed by atoms with Crippen molar-refractivity contribution in [2.75, 3.05) is 20.8 Å². The molecule has 0 bridgehead atoms. The fraction of sp³-hybridized carbons (Fsp3) is 0.261. The van der Waals surface area contributed by atoms with Crippen molar-refractivity contribution in [2.45, 2.75) is 19.4 Å². The van der Waals surface area contributed by atoms with Gasteiger partial charge >= 0.3 is 5.97 Å². The molecule has 0 spiro atoms. The van der Waals surface area contributed by atoms with Crippen molar-refractivity contribution in [2.24, 2.45) is 0 Å². The van der Waals surface area contributed by atoms with Gasteiger partial charge < -0.3 is 14.2 Å². The van der Waals surface area contributed by atoms with Gasteiger partial charge in [-0.1, -0.05) is 61.2 Å². The average Bonchev–Trinajstić information content (AvgIpc) is 3.06. The normalized spacial score (nSPS) is 15.8. The summed E-state index contributed by atoms with van der Waals surface area (Å²) in [7, 11) is 3.12. The Labute approximate surface area is 191 Å². The summed E-state index contributed by atoms with van der Waals surface area (Å²) in [6.07, 6.45) is 2.39. The van der Waals surface area contributed by atoms with Gasteiger partial charge in [0.25, 0.3) is 5.91 Å². The first kappa shape index (κ1) is 22.8. The third-order valence-corrected chi connectivity index (χ3v) is 5.93. The summed E-state index contributed by atoms with van der Waals surface area (Å²) < 4.78 is 16.3. The highest BCUT2D eigenvalue weighted by molar-refractivity contribution is 8.26. The maximum absolute atomic E-state index is 13.3. The Morgan fingerprint density at radius 2 is 1.90 bits per heavy atom. The van der Waals surface area contributed by atoms with Crippen LogP contribution in [0.3, 0.4) is 0 Å². The molecule has 1 aliphatic rings. The second-order valence-electron chi connectivity index (χ2n) is 6.64. The fourth-order valence-electron chi connectivity index (χ4n) is 3.09. The molecule has 8 heteroatoms. The Bertz CT molecular complexity index is 1010. The molecule has 6 nitrogen and oxygen atoms in total. The van der Waals surface area contributed by atoms with Crippen molar-refractivity contribution in [3.63, 3.8) is 0 Å². The zero-order valence-electron chi connectivity index (χ0n) is 17.5. The van der Waals surface area contributed by atoms with Crippen LogP contribution in [0, 0.1) is 0 Å². The number of methoxy groups -OCH3 is 2. The quantitative estimate of drug-likeness (QED) is 0.326. The number of amides is 1. The van der Waals surface area contributed by atoms with E-state index in [-0.39, 0.29) is 12.5 Å². The van der Waals surface area contributed by atoms with Crippen molar-refractivity contribution in [3.8, 4) is 11.5 Å². The zero-order chi connectivity index (χ0) is 22.4. The molecular formula is C23H23NO5S2. The number of thioether (sulfide) groups is 1. The Morgan fingerprint density at radius 3 is 2.55 bits per heavy atom. The van der Waals surface area contributed by atoms with Crippen LogP contribution in [-0.4, -0.2) is 41.9 Å². The lowest BCUT2D eigenvalue weighted by Crippen LogP contribution is -2.38. The van der Waals surface area contributed by atoms with E-state index in [0.29, 0.717) is 38.3 Å². The molecule has 2 aromatic rings. The van der Waals surface area contributed by atoms with Crippen LogP contribution in [0.15, 0.2) is 53.4 Å². The van der Waals surface area contributed by atoms with Gasteiger partial charge in [-0.25, -0.2) is 4.79 Å². The SMILES string of the molecule is CCCOC(=O)C(c1ccccc1)N1C(=O)/C(=C/c2ccc(OC)cc2OC)SC1=S. The van der Waals surface area contributed by atoms with Crippen molar-refractivity contribution in [3.05, 3.63) is 64.6 Å². The molecule has 0 radical (unpaired) electrons. The topological polar surface area (TPSA) is 65.1 Å². The molecule has 0 saturated carbocycles. The van der Waals surface area contributed by atoms with E-state index >= 15 is 0 Å². The third kappa shape index (κ3) is 5.08. The van der Waals surface area contributed by atoms with Gasteiger partial charge in [-0.15, -0.1) is 0 Å². The molecular weight excluding hydrogens is 434 g/mol. The Balaban J connectivity index is 1.97. The first-order valence-electron chi connectivity index (χ1n) is 9.70. The number of esters is 1. The fourth-order valence-corrected chi connectivity index (χ4v) is 4.39.